The van der Waals surface area contributed by atoms with Crippen LogP contribution in [0.25, 0.3) is 0 Å². The van der Waals surface area contributed by atoms with Crippen molar-refractivity contribution >= 4 is 0 Å². The Bertz CT molecular complexity index is 336. The molecule has 0 aromatic heterocycles. The third kappa shape index (κ3) is 2.09. The lowest BCUT2D eigenvalue weighted by molar-refractivity contribution is 0.670. The summed E-state index contributed by atoms with van der Waals surface area (Å²) in [6, 6.07) is 5.97. The van der Waals surface area contributed by atoms with Gasteiger partial charge in [-0.05, 0) is 25.0 Å². The van der Waals surface area contributed by atoms with Gasteiger partial charge >= 0.3 is 0 Å². The van der Waals surface area contributed by atoms with E-state index < -0.39 is 0 Å². The first-order valence-corrected chi connectivity index (χ1v) is 4.18. The highest BCUT2D eigenvalue weighted by Gasteiger charge is 2.08. The number of terminal acetylenes is 1. The fourth-order valence-corrected chi connectivity index (χ4v) is 1.30. The largest absolute Gasteiger partial charge is 0.270 e. The molecule has 0 aliphatic rings. The third-order valence-electron chi connectivity index (χ3n) is 2.08. The van der Waals surface area contributed by atoms with E-state index in [1.165, 1.54) is 5.56 Å². The number of rotatable bonds is 2. The average Bonchev–Trinajstić information content (AvgIpc) is 2.13. The van der Waals surface area contributed by atoms with Crippen LogP contribution in [0.15, 0.2) is 18.2 Å². The minimum absolute atomic E-state index is 0.195. The molecule has 0 saturated carbocycles. The maximum Gasteiger partial charge on any atom is 0.107 e. The maximum absolute atomic E-state index is 5.34. The molecule has 1 aromatic rings. The Kier molecular flexibility index (Phi) is 3.07. The molecule has 2 heteroatoms. The second-order valence-electron chi connectivity index (χ2n) is 3.13. The summed E-state index contributed by atoms with van der Waals surface area (Å²) in [5.74, 6) is 7.94. The molecule has 3 N–H and O–H groups in total. The third-order valence-corrected chi connectivity index (χ3v) is 2.08. The molecule has 0 amide bonds. The predicted octanol–water partition coefficient (Wildman–Crippen LogP) is 1.44. The van der Waals surface area contributed by atoms with Gasteiger partial charge in [-0.1, -0.05) is 29.7 Å². The van der Waals surface area contributed by atoms with Crippen LogP contribution in [0.1, 0.15) is 22.7 Å². The van der Waals surface area contributed by atoms with Gasteiger partial charge in [0, 0.05) is 0 Å². The smallest absolute Gasteiger partial charge is 0.107 e. The zero-order valence-electron chi connectivity index (χ0n) is 7.96. The van der Waals surface area contributed by atoms with Gasteiger partial charge in [-0.25, -0.2) is 5.43 Å². The van der Waals surface area contributed by atoms with Crippen LogP contribution in [0.3, 0.4) is 0 Å². The Balaban J connectivity index is 3.13. The standard InChI is InChI=1S/C11H14N2/c1-4-11(13-12)10-7-8(2)5-6-9(10)3/h1,5-7,11,13H,12H2,2-3H3. The second-order valence-corrected chi connectivity index (χ2v) is 3.13. The van der Waals surface area contributed by atoms with Gasteiger partial charge in [0.15, 0.2) is 0 Å². The van der Waals surface area contributed by atoms with Crippen molar-refractivity contribution in [2.75, 3.05) is 0 Å². The number of hydrogen-bond acceptors (Lipinski definition) is 2. The normalized spacial score (nSPS) is 12.2. The molecule has 2 nitrogen and oxygen atoms in total. The summed E-state index contributed by atoms with van der Waals surface area (Å²) >= 11 is 0. The molecule has 13 heavy (non-hydrogen) atoms. The molecule has 0 radical (unpaired) electrons. The molecule has 0 aliphatic heterocycles. The summed E-state index contributed by atoms with van der Waals surface area (Å²) < 4.78 is 0. The number of benzene rings is 1. The van der Waals surface area contributed by atoms with E-state index in [0.717, 1.165) is 11.1 Å². The minimum atomic E-state index is -0.195. The van der Waals surface area contributed by atoms with Gasteiger partial charge < -0.3 is 0 Å². The average molecular weight is 174 g/mol. The van der Waals surface area contributed by atoms with E-state index in [9.17, 15) is 0 Å². The van der Waals surface area contributed by atoms with E-state index in [-0.39, 0.29) is 6.04 Å². The van der Waals surface area contributed by atoms with Gasteiger partial charge in [-0.2, -0.15) is 0 Å². The summed E-state index contributed by atoms with van der Waals surface area (Å²) in [6.45, 7) is 4.06. The van der Waals surface area contributed by atoms with Crippen molar-refractivity contribution in [3.05, 3.63) is 34.9 Å². The Morgan fingerprint density at radius 3 is 2.69 bits per heavy atom. The van der Waals surface area contributed by atoms with E-state index in [4.69, 9.17) is 12.3 Å². The molecule has 0 saturated heterocycles. The lowest BCUT2D eigenvalue weighted by atomic mass is 10.00. The molecule has 0 aliphatic carbocycles. The van der Waals surface area contributed by atoms with Crippen LogP contribution in [0.4, 0.5) is 0 Å². The van der Waals surface area contributed by atoms with Crippen LogP contribution in [0, 0.1) is 26.2 Å². The van der Waals surface area contributed by atoms with Crippen molar-refractivity contribution in [2.45, 2.75) is 19.9 Å². The Morgan fingerprint density at radius 1 is 1.46 bits per heavy atom. The van der Waals surface area contributed by atoms with Crippen molar-refractivity contribution < 1.29 is 0 Å². The zero-order valence-corrected chi connectivity index (χ0v) is 7.96. The fourth-order valence-electron chi connectivity index (χ4n) is 1.30. The van der Waals surface area contributed by atoms with Gasteiger partial charge in [-0.15, -0.1) is 6.42 Å². The molecule has 1 aromatic carbocycles. The molecule has 68 valence electrons. The van der Waals surface area contributed by atoms with Crippen LogP contribution < -0.4 is 11.3 Å². The Morgan fingerprint density at radius 2 is 2.15 bits per heavy atom. The molecule has 0 heterocycles. The fraction of sp³-hybridized carbons (Fsp3) is 0.273. The van der Waals surface area contributed by atoms with Crippen molar-refractivity contribution in [1.82, 2.24) is 5.43 Å². The molecule has 1 atom stereocenters. The van der Waals surface area contributed by atoms with Gasteiger partial charge in [-0.3, -0.25) is 5.84 Å². The maximum atomic E-state index is 5.34. The van der Waals surface area contributed by atoms with Crippen molar-refractivity contribution in [1.29, 1.82) is 0 Å². The first-order valence-electron chi connectivity index (χ1n) is 4.18. The highest BCUT2D eigenvalue weighted by atomic mass is 15.2. The number of hydrogen-bond donors (Lipinski definition) is 2. The van der Waals surface area contributed by atoms with Gasteiger partial charge in [0.1, 0.15) is 6.04 Å². The highest BCUT2D eigenvalue weighted by Crippen LogP contribution is 2.17. The van der Waals surface area contributed by atoms with Crippen LogP contribution in [0.2, 0.25) is 0 Å². The van der Waals surface area contributed by atoms with Crippen LogP contribution >= 0.6 is 0 Å². The van der Waals surface area contributed by atoms with Crippen molar-refractivity contribution in [3.63, 3.8) is 0 Å². The monoisotopic (exact) mass is 174 g/mol. The van der Waals surface area contributed by atoms with Crippen LogP contribution in [0.5, 0.6) is 0 Å². The highest BCUT2D eigenvalue weighted by molar-refractivity contribution is 5.36. The first kappa shape index (κ1) is 9.79. The lowest BCUT2D eigenvalue weighted by Crippen LogP contribution is -2.27. The molecule has 0 fully saturated rings. The summed E-state index contributed by atoms with van der Waals surface area (Å²) in [4.78, 5) is 0. The number of aryl methyl sites for hydroxylation is 2. The number of nitrogens with one attached hydrogen (secondary N) is 1. The molecular formula is C11H14N2. The van der Waals surface area contributed by atoms with Crippen molar-refractivity contribution in [2.24, 2.45) is 5.84 Å². The summed E-state index contributed by atoms with van der Waals surface area (Å²) in [6.07, 6.45) is 5.34. The van der Waals surface area contributed by atoms with E-state index in [1.807, 2.05) is 19.9 Å². The molecule has 0 bridgehead atoms. The quantitative estimate of drug-likeness (QED) is 0.404. The summed E-state index contributed by atoms with van der Waals surface area (Å²) in [7, 11) is 0. The van der Waals surface area contributed by atoms with Gasteiger partial charge in [0.25, 0.3) is 0 Å². The van der Waals surface area contributed by atoms with E-state index in [2.05, 4.69) is 23.5 Å². The number of nitrogens with two attached hydrogens (primary N) is 1. The van der Waals surface area contributed by atoms with Crippen molar-refractivity contribution in [3.8, 4) is 12.3 Å². The zero-order chi connectivity index (χ0) is 9.84. The minimum Gasteiger partial charge on any atom is -0.270 e. The van der Waals surface area contributed by atoms with Crippen LogP contribution in [-0.2, 0) is 0 Å². The number of hydrazine groups is 1. The van der Waals surface area contributed by atoms with E-state index in [0.29, 0.717) is 0 Å². The summed E-state index contributed by atoms with van der Waals surface area (Å²) in [5.41, 5.74) is 6.02. The molecule has 1 rings (SSSR count). The first-order chi connectivity index (χ1) is 6.19. The topological polar surface area (TPSA) is 38.0 Å². The Labute approximate surface area is 79.1 Å². The van der Waals surface area contributed by atoms with Gasteiger partial charge in [0.05, 0.1) is 0 Å². The SMILES string of the molecule is C#CC(NN)c1cc(C)ccc1C. The molecular weight excluding hydrogens is 160 g/mol. The molecule has 1 unspecified atom stereocenters. The predicted molar refractivity (Wildman–Crippen MR) is 54.8 cm³/mol. The van der Waals surface area contributed by atoms with Gasteiger partial charge in [0.2, 0.25) is 0 Å². The Hall–Kier alpha value is -1.30. The summed E-state index contributed by atoms with van der Waals surface area (Å²) in [5, 5.41) is 0. The van der Waals surface area contributed by atoms with Crippen LogP contribution in [-0.4, -0.2) is 0 Å². The lowest BCUT2D eigenvalue weighted by Gasteiger charge is -2.13. The van der Waals surface area contributed by atoms with E-state index >= 15 is 0 Å². The second kappa shape index (κ2) is 4.08. The molecule has 0 spiro atoms. The van der Waals surface area contributed by atoms with E-state index in [1.54, 1.807) is 0 Å².